The van der Waals surface area contributed by atoms with Crippen molar-refractivity contribution in [2.45, 2.75) is 12.1 Å². The predicted molar refractivity (Wildman–Crippen MR) is 84.2 cm³/mol. The van der Waals surface area contributed by atoms with Crippen LogP contribution in [0.1, 0.15) is 11.6 Å². The molecule has 2 aromatic carbocycles. The van der Waals surface area contributed by atoms with Crippen LogP contribution in [0.25, 0.3) is 0 Å². The van der Waals surface area contributed by atoms with Gasteiger partial charge in [-0.05, 0) is 42.0 Å². The van der Waals surface area contributed by atoms with E-state index in [2.05, 4.69) is 0 Å². The molecule has 1 saturated heterocycles. The van der Waals surface area contributed by atoms with E-state index in [1.165, 1.54) is 0 Å². The minimum absolute atomic E-state index is 0.0778. The van der Waals surface area contributed by atoms with Gasteiger partial charge in [0.1, 0.15) is 17.5 Å². The number of hydrogen-bond acceptors (Lipinski definition) is 4. The third kappa shape index (κ3) is 2.29. The van der Waals surface area contributed by atoms with E-state index in [0.717, 1.165) is 22.7 Å². The highest BCUT2D eigenvalue weighted by atomic mass is 16.5. The van der Waals surface area contributed by atoms with Gasteiger partial charge in [0.25, 0.3) is 0 Å². The summed E-state index contributed by atoms with van der Waals surface area (Å²) in [7, 11) is 3.23. The summed E-state index contributed by atoms with van der Waals surface area (Å²) in [5.74, 6) is 1.45. The summed E-state index contributed by atoms with van der Waals surface area (Å²) in [6.45, 7) is 0. The lowest BCUT2D eigenvalue weighted by atomic mass is 9.88. The first-order chi connectivity index (χ1) is 10.7. The molecule has 5 nitrogen and oxygen atoms in total. The Morgan fingerprint density at radius 2 is 1.41 bits per heavy atom. The van der Waals surface area contributed by atoms with Crippen LogP contribution in [-0.4, -0.2) is 26.2 Å². The Morgan fingerprint density at radius 3 is 1.91 bits per heavy atom. The van der Waals surface area contributed by atoms with Gasteiger partial charge in [-0.3, -0.25) is 4.79 Å². The molecule has 3 rings (SSSR count). The minimum atomic E-state index is -0.518. The van der Waals surface area contributed by atoms with Crippen molar-refractivity contribution in [2.24, 2.45) is 5.73 Å². The Hall–Kier alpha value is -2.53. The summed E-state index contributed by atoms with van der Waals surface area (Å²) >= 11 is 0. The fraction of sp³-hybridized carbons (Fsp3) is 0.235. The van der Waals surface area contributed by atoms with Crippen molar-refractivity contribution in [3.05, 3.63) is 54.1 Å². The summed E-state index contributed by atoms with van der Waals surface area (Å²) < 4.78 is 10.3. The Labute approximate surface area is 129 Å². The number of carbonyl (C=O) groups excluding carboxylic acids is 1. The first-order valence-corrected chi connectivity index (χ1v) is 7.02. The highest BCUT2D eigenvalue weighted by Crippen LogP contribution is 2.39. The third-order valence-corrected chi connectivity index (χ3v) is 3.95. The second-order valence-corrected chi connectivity index (χ2v) is 5.15. The van der Waals surface area contributed by atoms with E-state index in [0.29, 0.717) is 0 Å². The maximum atomic E-state index is 12.2. The molecular formula is C17H18N2O3. The van der Waals surface area contributed by atoms with E-state index in [1.54, 1.807) is 19.1 Å². The zero-order valence-electron chi connectivity index (χ0n) is 12.5. The van der Waals surface area contributed by atoms with Crippen LogP contribution in [0.5, 0.6) is 11.5 Å². The van der Waals surface area contributed by atoms with Gasteiger partial charge in [0.15, 0.2) is 0 Å². The molecule has 5 heteroatoms. The quantitative estimate of drug-likeness (QED) is 0.878. The Balaban J connectivity index is 1.89. The topological polar surface area (TPSA) is 64.8 Å². The fourth-order valence-electron chi connectivity index (χ4n) is 2.70. The van der Waals surface area contributed by atoms with Crippen molar-refractivity contribution in [2.75, 3.05) is 19.1 Å². The summed E-state index contributed by atoms with van der Waals surface area (Å²) in [4.78, 5) is 13.9. The molecule has 0 saturated carbocycles. The monoisotopic (exact) mass is 298 g/mol. The van der Waals surface area contributed by atoms with Gasteiger partial charge in [0.05, 0.1) is 20.3 Å². The van der Waals surface area contributed by atoms with E-state index in [9.17, 15) is 4.79 Å². The van der Waals surface area contributed by atoms with E-state index in [4.69, 9.17) is 15.2 Å². The number of nitrogens with two attached hydrogens (primary N) is 1. The Bertz CT molecular complexity index is 667. The van der Waals surface area contributed by atoms with Gasteiger partial charge in [-0.15, -0.1) is 0 Å². The number of nitrogens with zero attached hydrogens (tertiary/aromatic N) is 1. The van der Waals surface area contributed by atoms with Gasteiger partial charge in [-0.2, -0.15) is 0 Å². The van der Waals surface area contributed by atoms with Crippen LogP contribution in [0.4, 0.5) is 5.69 Å². The molecule has 0 bridgehead atoms. The van der Waals surface area contributed by atoms with E-state index >= 15 is 0 Å². The fourth-order valence-corrected chi connectivity index (χ4v) is 2.70. The maximum absolute atomic E-state index is 12.2. The van der Waals surface area contributed by atoms with Gasteiger partial charge >= 0.3 is 0 Å². The van der Waals surface area contributed by atoms with E-state index < -0.39 is 6.04 Å². The van der Waals surface area contributed by atoms with Gasteiger partial charge in [0.2, 0.25) is 5.91 Å². The number of β-lactam (4-membered cyclic amide) rings is 1. The van der Waals surface area contributed by atoms with Crippen molar-refractivity contribution in [3.8, 4) is 11.5 Å². The van der Waals surface area contributed by atoms with Crippen LogP contribution < -0.4 is 20.1 Å². The van der Waals surface area contributed by atoms with Crippen LogP contribution in [0.2, 0.25) is 0 Å². The number of amides is 1. The summed E-state index contributed by atoms with van der Waals surface area (Å²) in [5.41, 5.74) is 7.81. The molecule has 1 heterocycles. The molecule has 0 spiro atoms. The molecule has 0 aliphatic carbocycles. The zero-order valence-corrected chi connectivity index (χ0v) is 12.5. The lowest BCUT2D eigenvalue weighted by molar-refractivity contribution is -0.126. The average molecular weight is 298 g/mol. The van der Waals surface area contributed by atoms with Gasteiger partial charge < -0.3 is 20.1 Å². The normalized spacial score (nSPS) is 20.5. The number of benzene rings is 2. The van der Waals surface area contributed by atoms with Crippen molar-refractivity contribution in [1.82, 2.24) is 0 Å². The molecule has 1 aliphatic rings. The first-order valence-electron chi connectivity index (χ1n) is 7.02. The lowest BCUT2D eigenvalue weighted by Gasteiger charge is -2.45. The molecule has 114 valence electrons. The lowest BCUT2D eigenvalue weighted by Crippen LogP contribution is -2.63. The largest absolute Gasteiger partial charge is 0.497 e. The molecule has 22 heavy (non-hydrogen) atoms. The Kier molecular flexibility index (Phi) is 3.73. The molecule has 1 amide bonds. The third-order valence-electron chi connectivity index (χ3n) is 3.95. The second kappa shape index (κ2) is 5.69. The molecule has 0 aromatic heterocycles. The molecule has 0 unspecified atom stereocenters. The zero-order chi connectivity index (χ0) is 15.7. The molecule has 2 aromatic rings. The van der Waals surface area contributed by atoms with Crippen molar-refractivity contribution in [1.29, 1.82) is 0 Å². The molecular weight excluding hydrogens is 280 g/mol. The predicted octanol–water partition coefficient (Wildman–Crippen LogP) is 2.12. The molecule has 2 N–H and O–H groups in total. The SMILES string of the molecule is COc1ccc([C@H]2[C@H](N)C(=O)N2c2ccc(OC)cc2)cc1. The number of rotatable bonds is 4. The molecule has 1 fully saturated rings. The highest BCUT2D eigenvalue weighted by molar-refractivity contribution is 6.05. The number of methoxy groups -OCH3 is 2. The van der Waals surface area contributed by atoms with Crippen LogP contribution in [0.3, 0.4) is 0 Å². The first kappa shape index (κ1) is 14.4. The van der Waals surface area contributed by atoms with Gasteiger partial charge in [0, 0.05) is 5.69 Å². The standard InChI is InChI=1S/C17H18N2O3/c1-21-13-7-3-11(4-8-13)16-15(18)17(20)19(16)12-5-9-14(22-2)10-6-12/h3-10,15-16H,18H2,1-2H3/t15-,16-/m0/s1. The van der Waals surface area contributed by atoms with Crippen molar-refractivity contribution in [3.63, 3.8) is 0 Å². The van der Waals surface area contributed by atoms with Crippen LogP contribution in [0.15, 0.2) is 48.5 Å². The number of carbonyl (C=O) groups is 1. The number of ether oxygens (including phenoxy) is 2. The molecule has 1 aliphatic heterocycles. The van der Waals surface area contributed by atoms with E-state index in [-0.39, 0.29) is 11.9 Å². The van der Waals surface area contributed by atoms with Gasteiger partial charge in [-0.25, -0.2) is 0 Å². The smallest absolute Gasteiger partial charge is 0.247 e. The minimum Gasteiger partial charge on any atom is -0.497 e. The number of anilines is 1. The summed E-state index contributed by atoms with van der Waals surface area (Å²) in [6, 6.07) is 14.3. The van der Waals surface area contributed by atoms with Crippen molar-refractivity contribution < 1.29 is 14.3 Å². The average Bonchev–Trinajstić information content (AvgIpc) is 2.59. The summed E-state index contributed by atoms with van der Waals surface area (Å²) in [5, 5.41) is 0. The Morgan fingerprint density at radius 1 is 0.909 bits per heavy atom. The van der Waals surface area contributed by atoms with Crippen LogP contribution in [0, 0.1) is 0 Å². The highest BCUT2D eigenvalue weighted by Gasteiger charge is 2.46. The number of hydrogen-bond donors (Lipinski definition) is 1. The van der Waals surface area contributed by atoms with Crippen LogP contribution in [-0.2, 0) is 4.79 Å². The molecule has 2 atom stereocenters. The van der Waals surface area contributed by atoms with Gasteiger partial charge in [-0.1, -0.05) is 12.1 Å². The van der Waals surface area contributed by atoms with Crippen molar-refractivity contribution >= 4 is 11.6 Å². The van der Waals surface area contributed by atoms with E-state index in [1.807, 2.05) is 48.5 Å². The summed E-state index contributed by atoms with van der Waals surface area (Å²) in [6.07, 6.45) is 0. The maximum Gasteiger partial charge on any atom is 0.247 e. The molecule has 0 radical (unpaired) electrons. The second-order valence-electron chi connectivity index (χ2n) is 5.15. The van der Waals surface area contributed by atoms with Crippen LogP contribution >= 0.6 is 0 Å².